The van der Waals surface area contributed by atoms with Crippen LogP contribution in [0, 0.1) is 17.0 Å². The molecule has 2 N–H and O–H groups in total. The first-order valence-electron chi connectivity index (χ1n) is 21.0. The molecule has 1 aromatic heterocycles. The van der Waals surface area contributed by atoms with Crippen LogP contribution in [0.3, 0.4) is 0 Å². The Kier molecular flexibility index (Phi) is 9.58. The molecule has 6 aliphatic rings. The topological polar surface area (TPSA) is 129 Å². The van der Waals surface area contributed by atoms with Crippen molar-refractivity contribution >= 4 is 46.1 Å². The van der Waals surface area contributed by atoms with Crippen LogP contribution in [-0.2, 0) is 33.9 Å². The van der Waals surface area contributed by atoms with Gasteiger partial charge in [-0.3, -0.25) is 44.0 Å². The Labute approximate surface area is 348 Å². The average Bonchev–Trinajstić information content (AvgIpc) is 3.99. The van der Waals surface area contributed by atoms with Crippen molar-refractivity contribution in [1.29, 1.82) is 0 Å². The lowest BCUT2D eigenvalue weighted by Gasteiger charge is -2.41. The normalized spacial score (nSPS) is 24.0. The summed E-state index contributed by atoms with van der Waals surface area (Å²) in [6.45, 7) is 4.51. The number of H-pyrrole nitrogens is 1. The Balaban J connectivity index is 0.779. The van der Waals surface area contributed by atoms with Gasteiger partial charge in [0.1, 0.15) is 17.7 Å². The van der Waals surface area contributed by atoms with Crippen molar-refractivity contribution in [3.05, 3.63) is 99.2 Å². The molecule has 0 saturated carbocycles. The molecule has 6 aliphatic heterocycles. The summed E-state index contributed by atoms with van der Waals surface area (Å²) in [4.78, 5) is 75.9. The van der Waals surface area contributed by atoms with Crippen LogP contribution >= 0.6 is 0 Å². The van der Waals surface area contributed by atoms with Gasteiger partial charge in [-0.25, -0.2) is 17.6 Å². The third-order valence-corrected chi connectivity index (χ3v) is 14.1. The minimum absolute atomic E-state index is 0.0363. The molecule has 10 rings (SSSR count). The van der Waals surface area contributed by atoms with Gasteiger partial charge >= 0.3 is 0 Å². The average molecular weight is 840 g/mol. The lowest BCUT2D eigenvalue weighted by molar-refractivity contribution is -0.136. The van der Waals surface area contributed by atoms with Crippen LogP contribution in [0.15, 0.2) is 48.5 Å². The molecule has 1 spiro atoms. The minimum atomic E-state index is -2.69. The summed E-state index contributed by atoms with van der Waals surface area (Å²) in [6.07, 6.45) is 0.318. The Hall–Kier alpha value is -5.61. The van der Waals surface area contributed by atoms with E-state index in [-0.39, 0.29) is 66.5 Å². The Bertz CT molecular complexity index is 2470. The second-order valence-corrected chi connectivity index (χ2v) is 17.7. The van der Waals surface area contributed by atoms with E-state index >= 15 is 8.78 Å². The monoisotopic (exact) mass is 839 g/mol. The number of likely N-dealkylation sites (tertiary alicyclic amines) is 1. The number of hydrogen-bond donors (Lipinski definition) is 2. The molecule has 5 amide bonds. The lowest BCUT2D eigenvalue weighted by atomic mass is 9.78. The van der Waals surface area contributed by atoms with E-state index in [1.165, 1.54) is 17.0 Å². The van der Waals surface area contributed by atoms with Gasteiger partial charge in [0, 0.05) is 66.5 Å². The molecule has 61 heavy (non-hydrogen) atoms. The molecule has 3 atom stereocenters. The number of rotatable bonds is 7. The molecule has 12 nitrogen and oxygen atoms in total. The van der Waals surface area contributed by atoms with Gasteiger partial charge in [0.15, 0.2) is 0 Å². The highest BCUT2D eigenvalue weighted by molar-refractivity contribution is 6.23. The summed E-state index contributed by atoms with van der Waals surface area (Å²) in [6, 6.07) is 11.1. The van der Waals surface area contributed by atoms with Crippen LogP contribution in [0.5, 0.6) is 0 Å². The van der Waals surface area contributed by atoms with Crippen LogP contribution in [0.25, 0.3) is 10.9 Å². The fraction of sp³-hybridized carbons (Fsp3) is 0.444. The van der Waals surface area contributed by atoms with E-state index in [1.807, 2.05) is 36.1 Å². The number of fused-ring (bicyclic) bond motifs is 5. The zero-order valence-corrected chi connectivity index (χ0v) is 33.6. The van der Waals surface area contributed by atoms with Gasteiger partial charge < -0.3 is 14.8 Å². The Morgan fingerprint density at radius 2 is 1.56 bits per heavy atom. The number of aromatic amines is 1. The van der Waals surface area contributed by atoms with Crippen LogP contribution < -0.4 is 10.2 Å². The van der Waals surface area contributed by atoms with E-state index in [0.29, 0.717) is 44.0 Å². The molecular weight excluding hydrogens is 795 g/mol. The zero-order valence-electron chi connectivity index (χ0n) is 33.6. The molecule has 3 saturated heterocycles. The molecule has 1 unspecified atom stereocenters. The Morgan fingerprint density at radius 1 is 0.902 bits per heavy atom. The second kappa shape index (κ2) is 14.8. The molecule has 0 aliphatic carbocycles. The molecule has 318 valence electrons. The van der Waals surface area contributed by atoms with Gasteiger partial charge in [-0.05, 0) is 105 Å². The van der Waals surface area contributed by atoms with Crippen LogP contribution in [0.1, 0.15) is 93.7 Å². The molecule has 4 aromatic rings. The standard InChI is InChI=1S/C45H45F4N7O5/c1-24-14-29-28-4-2-3-5-34(28)50-40(29)41(55(24)21-36(48)49)39-32(46)17-27(18-33(39)47)53-13-10-45(23-53)8-11-52(12-9-45)22-38(58)54-19-25-15-30-31(16-26(25)20-54)44(61)56(43(30)60)35-6-7-37(57)51-42(35)59/h2-5,15-18,24,35-36,41,50H,6-14,19-23H2,1H3,(H,51,57,59)/t24-,35?,41-/m1/s1. The third kappa shape index (κ3) is 6.69. The second-order valence-electron chi connectivity index (χ2n) is 17.7. The van der Waals surface area contributed by atoms with Crippen molar-refractivity contribution in [2.24, 2.45) is 5.41 Å². The largest absolute Gasteiger partial charge is 0.371 e. The van der Waals surface area contributed by atoms with Crippen molar-refractivity contribution < 1.29 is 41.5 Å². The van der Waals surface area contributed by atoms with Crippen molar-refractivity contribution in [2.45, 2.75) is 83.1 Å². The predicted octanol–water partition coefficient (Wildman–Crippen LogP) is 5.28. The fourth-order valence-electron chi connectivity index (χ4n) is 10.9. The van der Waals surface area contributed by atoms with Crippen molar-refractivity contribution in [1.82, 2.24) is 29.9 Å². The van der Waals surface area contributed by atoms with Crippen LogP contribution in [-0.4, -0.2) is 112 Å². The number of amides is 5. The number of benzene rings is 3. The quantitative estimate of drug-likeness (QED) is 0.190. The number of carbonyl (C=O) groups is 5. The zero-order chi connectivity index (χ0) is 42.5. The maximum absolute atomic E-state index is 16.4. The van der Waals surface area contributed by atoms with E-state index in [4.69, 9.17) is 0 Å². The number of para-hydroxylation sites is 1. The van der Waals surface area contributed by atoms with E-state index in [1.54, 1.807) is 17.0 Å². The van der Waals surface area contributed by atoms with E-state index < -0.39 is 60.3 Å². The molecule has 0 radical (unpaired) electrons. The number of aromatic nitrogens is 1. The summed E-state index contributed by atoms with van der Waals surface area (Å²) in [5, 5.41) is 3.12. The number of halogens is 4. The summed E-state index contributed by atoms with van der Waals surface area (Å²) >= 11 is 0. The summed E-state index contributed by atoms with van der Waals surface area (Å²) in [5.41, 5.74) is 4.23. The van der Waals surface area contributed by atoms with Gasteiger partial charge in [-0.2, -0.15) is 0 Å². The third-order valence-electron chi connectivity index (χ3n) is 14.1. The number of nitrogens with zero attached hydrogens (tertiary/aromatic N) is 5. The fourth-order valence-corrected chi connectivity index (χ4v) is 10.9. The van der Waals surface area contributed by atoms with Crippen LogP contribution in [0.4, 0.5) is 23.2 Å². The number of alkyl halides is 2. The van der Waals surface area contributed by atoms with E-state index in [0.717, 1.165) is 51.8 Å². The number of anilines is 1. The minimum Gasteiger partial charge on any atom is -0.371 e. The molecule has 3 aromatic carbocycles. The van der Waals surface area contributed by atoms with Gasteiger partial charge in [-0.15, -0.1) is 0 Å². The maximum atomic E-state index is 16.4. The van der Waals surface area contributed by atoms with Gasteiger partial charge in [0.2, 0.25) is 17.7 Å². The smallest absolute Gasteiger partial charge is 0.262 e. The highest BCUT2D eigenvalue weighted by atomic mass is 19.3. The number of nitrogens with one attached hydrogen (secondary N) is 2. The molecular formula is C45H45F4N7O5. The summed E-state index contributed by atoms with van der Waals surface area (Å²) < 4.78 is 60.6. The highest BCUT2D eigenvalue weighted by Crippen LogP contribution is 2.46. The number of imide groups is 2. The van der Waals surface area contributed by atoms with Crippen LogP contribution in [0.2, 0.25) is 0 Å². The Morgan fingerprint density at radius 3 is 2.21 bits per heavy atom. The van der Waals surface area contributed by atoms with E-state index in [2.05, 4.69) is 15.2 Å². The van der Waals surface area contributed by atoms with Gasteiger partial charge in [-0.1, -0.05) is 18.2 Å². The van der Waals surface area contributed by atoms with Gasteiger partial charge in [0.05, 0.1) is 30.3 Å². The first-order chi connectivity index (χ1) is 29.3. The predicted molar refractivity (Wildman–Crippen MR) is 215 cm³/mol. The number of carbonyl (C=O) groups excluding carboxylic acids is 5. The highest BCUT2D eigenvalue weighted by Gasteiger charge is 2.47. The molecule has 3 fully saturated rings. The molecule has 0 bridgehead atoms. The number of hydrogen-bond acceptors (Lipinski definition) is 8. The summed E-state index contributed by atoms with van der Waals surface area (Å²) in [7, 11) is 0. The SMILES string of the molecule is C[C@@H]1Cc2c([nH]c3ccccc23)[C@@H](c2c(F)cc(N3CCC4(CCN(CC(=O)N5Cc6cc7c(cc6C5)C(=O)N(C5CCC(=O)NC5=O)C7=O)CC4)C3)cc2F)N1CC(F)F. The first-order valence-corrected chi connectivity index (χ1v) is 21.0. The number of piperidine rings is 2. The first kappa shape index (κ1) is 39.5. The van der Waals surface area contributed by atoms with E-state index in [9.17, 15) is 32.8 Å². The van der Waals surface area contributed by atoms with Crippen molar-refractivity contribution in [3.8, 4) is 0 Å². The van der Waals surface area contributed by atoms with Gasteiger partial charge in [0.25, 0.3) is 18.2 Å². The maximum Gasteiger partial charge on any atom is 0.262 e. The van der Waals surface area contributed by atoms with Crippen molar-refractivity contribution in [2.75, 3.05) is 44.2 Å². The molecule has 16 heteroatoms. The lowest BCUT2D eigenvalue weighted by Crippen LogP contribution is -2.54. The summed E-state index contributed by atoms with van der Waals surface area (Å²) in [5.74, 6) is -3.89. The molecule has 7 heterocycles. The van der Waals surface area contributed by atoms with Crippen molar-refractivity contribution in [3.63, 3.8) is 0 Å².